The first-order chi connectivity index (χ1) is 9.81. The topological polar surface area (TPSA) is 43.4 Å². The molecule has 0 spiro atoms. The molecule has 20 heavy (non-hydrogen) atoms. The standard InChI is InChI=1S/C16H20N2O2/c1-4-17-16(12-8-5-6-11-18-12)15-13(19-2)9-7-10-14(15)20-3/h5-11,16-17H,4H2,1-3H3. The van der Waals surface area contributed by atoms with Crippen LogP contribution in [0.15, 0.2) is 42.6 Å². The zero-order valence-corrected chi connectivity index (χ0v) is 12.1. The molecule has 0 saturated carbocycles. The second-order valence-electron chi connectivity index (χ2n) is 4.32. The fraction of sp³-hybridized carbons (Fsp3) is 0.312. The van der Waals surface area contributed by atoms with E-state index in [0.717, 1.165) is 29.3 Å². The maximum absolute atomic E-state index is 5.49. The van der Waals surface area contributed by atoms with Gasteiger partial charge in [-0.1, -0.05) is 19.1 Å². The molecule has 1 heterocycles. The summed E-state index contributed by atoms with van der Waals surface area (Å²) < 4.78 is 11.0. The monoisotopic (exact) mass is 272 g/mol. The highest BCUT2D eigenvalue weighted by Gasteiger charge is 2.22. The average Bonchev–Trinajstić information content (AvgIpc) is 2.52. The predicted octanol–water partition coefficient (Wildman–Crippen LogP) is 2.80. The molecule has 0 aliphatic heterocycles. The van der Waals surface area contributed by atoms with Crippen molar-refractivity contribution >= 4 is 0 Å². The summed E-state index contributed by atoms with van der Waals surface area (Å²) in [7, 11) is 3.33. The van der Waals surface area contributed by atoms with Crippen LogP contribution in [0.4, 0.5) is 0 Å². The molecule has 0 saturated heterocycles. The second-order valence-corrected chi connectivity index (χ2v) is 4.32. The average molecular weight is 272 g/mol. The van der Waals surface area contributed by atoms with Crippen LogP contribution in [0.5, 0.6) is 11.5 Å². The van der Waals surface area contributed by atoms with Gasteiger partial charge in [-0.05, 0) is 30.8 Å². The van der Waals surface area contributed by atoms with Gasteiger partial charge in [0.25, 0.3) is 0 Å². The van der Waals surface area contributed by atoms with E-state index in [2.05, 4.69) is 17.2 Å². The molecule has 0 bridgehead atoms. The maximum atomic E-state index is 5.49. The number of hydrogen-bond acceptors (Lipinski definition) is 4. The minimum absolute atomic E-state index is 0.0627. The van der Waals surface area contributed by atoms with Gasteiger partial charge in [0, 0.05) is 6.20 Å². The van der Waals surface area contributed by atoms with Crippen LogP contribution in [0.3, 0.4) is 0 Å². The zero-order valence-electron chi connectivity index (χ0n) is 12.1. The molecule has 1 atom stereocenters. The molecular formula is C16H20N2O2. The Morgan fingerprint density at radius 2 is 1.75 bits per heavy atom. The minimum Gasteiger partial charge on any atom is -0.496 e. The van der Waals surface area contributed by atoms with Crippen molar-refractivity contribution in [2.45, 2.75) is 13.0 Å². The second kappa shape index (κ2) is 6.91. The Bertz CT molecular complexity index is 521. The molecule has 0 radical (unpaired) electrons. The quantitative estimate of drug-likeness (QED) is 0.878. The van der Waals surface area contributed by atoms with Gasteiger partial charge in [0.2, 0.25) is 0 Å². The van der Waals surface area contributed by atoms with E-state index in [-0.39, 0.29) is 6.04 Å². The fourth-order valence-electron chi connectivity index (χ4n) is 2.27. The van der Waals surface area contributed by atoms with E-state index in [1.54, 1.807) is 20.4 Å². The number of methoxy groups -OCH3 is 2. The fourth-order valence-corrected chi connectivity index (χ4v) is 2.27. The lowest BCUT2D eigenvalue weighted by molar-refractivity contribution is 0.376. The van der Waals surface area contributed by atoms with Crippen LogP contribution in [-0.2, 0) is 0 Å². The third-order valence-corrected chi connectivity index (χ3v) is 3.15. The number of benzene rings is 1. The molecule has 1 aromatic heterocycles. The van der Waals surface area contributed by atoms with E-state index >= 15 is 0 Å². The van der Waals surface area contributed by atoms with Gasteiger partial charge in [-0.25, -0.2) is 0 Å². The first-order valence-corrected chi connectivity index (χ1v) is 6.67. The highest BCUT2D eigenvalue weighted by Crippen LogP contribution is 2.36. The molecule has 4 nitrogen and oxygen atoms in total. The molecule has 2 rings (SSSR count). The Labute approximate surface area is 119 Å². The summed E-state index contributed by atoms with van der Waals surface area (Å²) in [6.45, 7) is 2.89. The number of aromatic nitrogens is 1. The number of hydrogen-bond donors (Lipinski definition) is 1. The van der Waals surface area contributed by atoms with Gasteiger partial charge in [0.1, 0.15) is 11.5 Å². The van der Waals surface area contributed by atoms with Gasteiger partial charge in [-0.3, -0.25) is 4.98 Å². The minimum atomic E-state index is -0.0627. The van der Waals surface area contributed by atoms with Crippen molar-refractivity contribution in [1.82, 2.24) is 10.3 Å². The summed E-state index contributed by atoms with van der Waals surface area (Å²) in [6, 6.07) is 11.6. The third-order valence-electron chi connectivity index (χ3n) is 3.15. The van der Waals surface area contributed by atoms with E-state index in [4.69, 9.17) is 9.47 Å². The molecule has 1 aromatic carbocycles. The van der Waals surface area contributed by atoms with Crippen molar-refractivity contribution in [3.63, 3.8) is 0 Å². The van der Waals surface area contributed by atoms with Crippen LogP contribution in [-0.4, -0.2) is 25.7 Å². The predicted molar refractivity (Wildman–Crippen MR) is 79.3 cm³/mol. The number of nitrogens with zero attached hydrogens (tertiary/aromatic N) is 1. The van der Waals surface area contributed by atoms with Gasteiger partial charge in [0.05, 0.1) is 31.5 Å². The van der Waals surface area contributed by atoms with E-state index in [1.165, 1.54) is 0 Å². The summed E-state index contributed by atoms with van der Waals surface area (Å²) in [4.78, 5) is 4.45. The smallest absolute Gasteiger partial charge is 0.127 e. The molecule has 0 fully saturated rings. The first kappa shape index (κ1) is 14.3. The number of nitrogens with one attached hydrogen (secondary N) is 1. The van der Waals surface area contributed by atoms with Gasteiger partial charge >= 0.3 is 0 Å². The van der Waals surface area contributed by atoms with E-state index < -0.39 is 0 Å². The van der Waals surface area contributed by atoms with Crippen LogP contribution in [0, 0.1) is 0 Å². The summed E-state index contributed by atoms with van der Waals surface area (Å²) in [5, 5.41) is 3.44. The molecular weight excluding hydrogens is 252 g/mol. The molecule has 0 aliphatic carbocycles. The van der Waals surface area contributed by atoms with Gasteiger partial charge in [-0.15, -0.1) is 0 Å². The van der Waals surface area contributed by atoms with Crippen molar-refractivity contribution < 1.29 is 9.47 Å². The molecule has 0 aliphatic rings. The Balaban J connectivity index is 2.54. The highest BCUT2D eigenvalue weighted by atomic mass is 16.5. The Kier molecular flexibility index (Phi) is 4.96. The number of rotatable bonds is 6. The molecule has 1 unspecified atom stereocenters. The lowest BCUT2D eigenvalue weighted by atomic mass is 10.0. The van der Waals surface area contributed by atoms with E-state index in [1.807, 2.05) is 36.4 Å². The van der Waals surface area contributed by atoms with Gasteiger partial charge in [0.15, 0.2) is 0 Å². The normalized spacial score (nSPS) is 11.9. The molecule has 4 heteroatoms. The van der Waals surface area contributed by atoms with Crippen LogP contribution >= 0.6 is 0 Å². The Hall–Kier alpha value is -2.07. The van der Waals surface area contributed by atoms with Gasteiger partial charge in [-0.2, -0.15) is 0 Å². The summed E-state index contributed by atoms with van der Waals surface area (Å²) >= 11 is 0. The molecule has 106 valence electrons. The number of ether oxygens (including phenoxy) is 2. The van der Waals surface area contributed by atoms with Crippen molar-refractivity contribution in [2.24, 2.45) is 0 Å². The van der Waals surface area contributed by atoms with Crippen LogP contribution < -0.4 is 14.8 Å². The SMILES string of the molecule is CCNC(c1ccccn1)c1c(OC)cccc1OC. The number of pyridine rings is 1. The van der Waals surface area contributed by atoms with Gasteiger partial charge < -0.3 is 14.8 Å². The van der Waals surface area contributed by atoms with E-state index in [9.17, 15) is 0 Å². The lowest BCUT2D eigenvalue weighted by Crippen LogP contribution is -2.24. The first-order valence-electron chi connectivity index (χ1n) is 6.67. The molecule has 0 amide bonds. The van der Waals surface area contributed by atoms with Crippen molar-refractivity contribution in [2.75, 3.05) is 20.8 Å². The summed E-state index contributed by atoms with van der Waals surface area (Å²) in [5.74, 6) is 1.59. The highest BCUT2D eigenvalue weighted by molar-refractivity contribution is 5.49. The molecule has 2 aromatic rings. The van der Waals surface area contributed by atoms with Crippen molar-refractivity contribution in [3.05, 3.63) is 53.9 Å². The zero-order chi connectivity index (χ0) is 14.4. The Morgan fingerprint density at radius 1 is 1.05 bits per heavy atom. The van der Waals surface area contributed by atoms with Crippen LogP contribution in [0.2, 0.25) is 0 Å². The van der Waals surface area contributed by atoms with Crippen molar-refractivity contribution in [1.29, 1.82) is 0 Å². The molecule has 1 N–H and O–H groups in total. The Morgan fingerprint density at radius 3 is 2.25 bits per heavy atom. The van der Waals surface area contributed by atoms with E-state index in [0.29, 0.717) is 0 Å². The van der Waals surface area contributed by atoms with Crippen LogP contribution in [0.1, 0.15) is 24.2 Å². The lowest BCUT2D eigenvalue weighted by Gasteiger charge is -2.22. The maximum Gasteiger partial charge on any atom is 0.127 e. The summed E-state index contributed by atoms with van der Waals surface area (Å²) in [6.07, 6.45) is 1.79. The largest absolute Gasteiger partial charge is 0.496 e. The van der Waals surface area contributed by atoms with Crippen molar-refractivity contribution in [3.8, 4) is 11.5 Å². The summed E-state index contributed by atoms with van der Waals surface area (Å²) in [5.41, 5.74) is 1.91. The van der Waals surface area contributed by atoms with Crippen LogP contribution in [0.25, 0.3) is 0 Å². The third kappa shape index (κ3) is 2.91.